The Bertz CT molecular complexity index is 1170. The van der Waals surface area contributed by atoms with Gasteiger partial charge in [0.15, 0.2) is 0 Å². The third-order valence-corrected chi connectivity index (χ3v) is 7.16. The van der Waals surface area contributed by atoms with Crippen LogP contribution in [0.25, 0.3) is 0 Å². The monoisotopic (exact) mass is 475 g/mol. The third kappa shape index (κ3) is 4.68. The molecule has 0 spiro atoms. The van der Waals surface area contributed by atoms with E-state index in [4.69, 9.17) is 27.0 Å². The minimum atomic E-state index is -0.459. The van der Waals surface area contributed by atoms with Crippen LogP contribution < -0.4 is 15.0 Å². The number of benzene rings is 2. The van der Waals surface area contributed by atoms with Gasteiger partial charge in [0.2, 0.25) is 5.82 Å². The van der Waals surface area contributed by atoms with Gasteiger partial charge in [-0.05, 0) is 30.5 Å². The molecule has 0 radical (unpaired) electrons. The van der Waals surface area contributed by atoms with Crippen LogP contribution in [0.1, 0.15) is 60.2 Å². The van der Waals surface area contributed by atoms with Crippen molar-refractivity contribution in [3.63, 3.8) is 0 Å². The molecule has 1 aromatic heterocycles. The molecule has 1 aliphatic heterocycles. The highest BCUT2D eigenvalue weighted by molar-refractivity contribution is 7.80. The summed E-state index contributed by atoms with van der Waals surface area (Å²) in [7, 11) is 1.89. The molecule has 1 saturated carbocycles. The number of carbonyl (C=O) groups excluding carboxylic acids is 1. The molecule has 0 saturated heterocycles. The van der Waals surface area contributed by atoms with Gasteiger partial charge >= 0.3 is 0 Å². The Balaban J connectivity index is 1.37. The topological polar surface area (TPSA) is 72.3 Å². The number of anilines is 1. The number of amides is 1. The number of carbonyl (C=O) groups is 1. The number of nitrogens with one attached hydrogen (secondary N) is 1. The second-order valence-electron chi connectivity index (χ2n) is 8.95. The lowest BCUT2D eigenvalue weighted by atomic mass is 9.95. The Kier molecular flexibility index (Phi) is 6.58. The highest BCUT2D eigenvalue weighted by Gasteiger charge is 2.30. The van der Waals surface area contributed by atoms with Crippen LogP contribution in [0, 0.1) is 0 Å². The maximum atomic E-state index is 13.3. The fourth-order valence-corrected chi connectivity index (χ4v) is 4.97. The largest absolute Gasteiger partial charge is 0.489 e. The van der Waals surface area contributed by atoms with Gasteiger partial charge in [0.25, 0.3) is 5.91 Å². The van der Waals surface area contributed by atoms with Crippen molar-refractivity contribution in [2.75, 3.05) is 18.6 Å². The molecule has 5 rings (SSSR count). The summed E-state index contributed by atoms with van der Waals surface area (Å²) in [6.07, 6.45) is 6.38. The molecule has 1 atom stereocenters. The second kappa shape index (κ2) is 9.93. The van der Waals surface area contributed by atoms with Crippen molar-refractivity contribution in [1.29, 1.82) is 0 Å². The van der Waals surface area contributed by atoms with E-state index >= 15 is 0 Å². The number of aromatic nitrogens is 3. The molecule has 1 N–H and O–H groups in total. The molecule has 8 heteroatoms. The number of nitrogens with zero attached hydrogens (tertiary/aromatic N) is 4. The van der Waals surface area contributed by atoms with Gasteiger partial charge < -0.3 is 15.0 Å². The molecular weight excluding hydrogens is 446 g/mol. The molecule has 2 heterocycles. The maximum Gasteiger partial charge on any atom is 0.291 e. The fraction of sp³-hybridized carbons (Fsp3) is 0.385. The summed E-state index contributed by atoms with van der Waals surface area (Å²) in [5, 5.41) is 7.71. The van der Waals surface area contributed by atoms with Crippen LogP contribution >= 0.6 is 12.2 Å². The molecule has 1 aliphatic carbocycles. The van der Waals surface area contributed by atoms with Crippen molar-refractivity contribution in [2.24, 2.45) is 0 Å². The predicted octanol–water partition coefficient (Wildman–Crippen LogP) is 4.33. The van der Waals surface area contributed by atoms with Gasteiger partial charge in [-0.2, -0.15) is 0 Å². The molecule has 1 fully saturated rings. The van der Waals surface area contributed by atoms with Gasteiger partial charge in [0, 0.05) is 13.5 Å². The van der Waals surface area contributed by atoms with Gasteiger partial charge in [0.05, 0.1) is 11.7 Å². The smallest absolute Gasteiger partial charge is 0.291 e. The first kappa shape index (κ1) is 22.5. The van der Waals surface area contributed by atoms with Crippen LogP contribution in [0.4, 0.5) is 5.69 Å². The number of hydrogen-bond acceptors (Lipinski definition) is 5. The lowest BCUT2D eigenvalue weighted by Crippen LogP contribution is -2.48. The zero-order valence-corrected chi connectivity index (χ0v) is 20.1. The second-order valence-corrected chi connectivity index (χ2v) is 9.37. The predicted molar refractivity (Wildman–Crippen MR) is 136 cm³/mol. The number of fused-ring (bicyclic) bond motifs is 1. The van der Waals surface area contributed by atoms with Crippen LogP contribution in [0.15, 0.2) is 54.6 Å². The summed E-state index contributed by atoms with van der Waals surface area (Å²) >= 11 is 5.69. The molecule has 176 valence electrons. The highest BCUT2D eigenvalue weighted by atomic mass is 32.1. The van der Waals surface area contributed by atoms with Crippen molar-refractivity contribution in [2.45, 2.75) is 50.6 Å². The van der Waals surface area contributed by atoms with Crippen molar-refractivity contribution in [3.05, 3.63) is 71.8 Å². The molecular formula is C26H29N5O2S. The lowest BCUT2D eigenvalue weighted by Gasteiger charge is -2.23. The average Bonchev–Trinajstić information content (AvgIpc) is 3.26. The summed E-state index contributed by atoms with van der Waals surface area (Å²) in [6, 6.07) is 17.7. The van der Waals surface area contributed by atoms with E-state index in [1.54, 1.807) is 0 Å². The van der Waals surface area contributed by atoms with Crippen molar-refractivity contribution in [1.82, 2.24) is 20.1 Å². The van der Waals surface area contributed by atoms with Crippen LogP contribution in [0.2, 0.25) is 0 Å². The van der Waals surface area contributed by atoms with Gasteiger partial charge in [0.1, 0.15) is 29.2 Å². The molecule has 3 aromatic rings. The van der Waals surface area contributed by atoms with Gasteiger partial charge in [-0.15, -0.1) is 5.10 Å². The zero-order valence-electron chi connectivity index (χ0n) is 19.3. The number of para-hydroxylation sites is 2. The number of rotatable bonds is 5. The Morgan fingerprint density at radius 3 is 2.62 bits per heavy atom. The van der Waals surface area contributed by atoms with Crippen LogP contribution in [0.3, 0.4) is 0 Å². The third-order valence-electron chi connectivity index (χ3n) is 6.60. The van der Waals surface area contributed by atoms with Crippen molar-refractivity contribution in [3.8, 4) is 5.75 Å². The van der Waals surface area contributed by atoms with E-state index in [0.717, 1.165) is 35.7 Å². The molecule has 7 nitrogen and oxygen atoms in total. The molecule has 2 aromatic carbocycles. The fourth-order valence-electron chi connectivity index (χ4n) is 4.75. The SMILES string of the molecule is CN1C(=S)[C@@H](NC(=O)c2nc(Cc3ccccc3)n(C3CCCCC3)n2)COc2ccccc21. The van der Waals surface area contributed by atoms with Crippen molar-refractivity contribution >= 4 is 28.8 Å². The Hall–Kier alpha value is -3.26. The number of hydrogen-bond donors (Lipinski definition) is 1. The van der Waals surface area contributed by atoms with Crippen LogP contribution in [-0.4, -0.2) is 45.4 Å². The zero-order chi connectivity index (χ0) is 23.5. The molecule has 0 bridgehead atoms. The van der Waals surface area contributed by atoms with E-state index in [9.17, 15) is 4.79 Å². The van der Waals surface area contributed by atoms with Gasteiger partial charge in [-0.1, -0.05) is 73.9 Å². The maximum absolute atomic E-state index is 13.3. The molecule has 0 unspecified atom stereocenters. The summed E-state index contributed by atoms with van der Waals surface area (Å²) in [6.45, 7) is 0.256. The summed E-state index contributed by atoms with van der Waals surface area (Å²) in [5.41, 5.74) is 2.03. The molecule has 1 amide bonds. The summed E-state index contributed by atoms with van der Waals surface area (Å²) < 4.78 is 7.94. The van der Waals surface area contributed by atoms with E-state index in [1.807, 2.05) is 59.1 Å². The molecule has 34 heavy (non-hydrogen) atoms. The first-order valence-corrected chi connectivity index (χ1v) is 12.3. The average molecular weight is 476 g/mol. The Morgan fingerprint density at radius 2 is 1.82 bits per heavy atom. The molecule has 2 aliphatic rings. The van der Waals surface area contributed by atoms with Crippen molar-refractivity contribution < 1.29 is 9.53 Å². The normalized spacial score (nSPS) is 18.7. The highest BCUT2D eigenvalue weighted by Crippen LogP contribution is 2.31. The lowest BCUT2D eigenvalue weighted by molar-refractivity contribution is 0.0926. The first-order valence-electron chi connectivity index (χ1n) is 11.9. The van der Waals surface area contributed by atoms with Crippen LogP contribution in [0.5, 0.6) is 5.75 Å². The van der Waals surface area contributed by atoms with E-state index in [1.165, 1.54) is 19.3 Å². The van der Waals surface area contributed by atoms with Gasteiger partial charge in [-0.3, -0.25) is 4.79 Å². The standard InChI is InChI=1S/C26H29N5O2S/c1-30-21-14-8-9-15-22(21)33-17-20(26(30)34)27-25(32)24-28-23(16-18-10-4-2-5-11-18)31(29-24)19-12-6-3-7-13-19/h2,4-5,8-11,14-15,19-20H,3,6-7,12-13,16-17H2,1H3,(H,27,32)/t20-/m0/s1. The first-order chi connectivity index (χ1) is 16.6. The number of likely N-dealkylation sites (N-methyl/N-ethyl adjacent to an activating group) is 1. The Labute approximate surface area is 205 Å². The minimum absolute atomic E-state index is 0.184. The van der Waals surface area contributed by atoms with E-state index in [2.05, 4.69) is 17.4 Å². The van der Waals surface area contributed by atoms with Crippen LogP contribution in [-0.2, 0) is 6.42 Å². The summed E-state index contributed by atoms with van der Waals surface area (Å²) in [5.74, 6) is 1.42. The summed E-state index contributed by atoms with van der Waals surface area (Å²) in [4.78, 5) is 20.4. The van der Waals surface area contributed by atoms with E-state index in [0.29, 0.717) is 11.4 Å². The minimum Gasteiger partial charge on any atom is -0.489 e. The van der Waals surface area contributed by atoms with Gasteiger partial charge in [-0.25, -0.2) is 9.67 Å². The van der Waals surface area contributed by atoms with E-state index < -0.39 is 6.04 Å². The quantitative estimate of drug-likeness (QED) is 0.554. The number of thiocarbonyl (C=S) groups is 1. The number of ether oxygens (including phenoxy) is 1. The van der Waals surface area contributed by atoms with E-state index in [-0.39, 0.29) is 24.4 Å². The Morgan fingerprint density at radius 1 is 1.09 bits per heavy atom.